The molecule has 1 atom stereocenters. The maximum Gasteiger partial charge on any atom is 0.307 e. The van der Waals surface area contributed by atoms with Crippen LogP contribution >= 0.6 is 0 Å². The van der Waals surface area contributed by atoms with Crippen LogP contribution in [0.5, 0.6) is 11.5 Å². The Bertz CT molecular complexity index is 595. The van der Waals surface area contributed by atoms with E-state index in [2.05, 4.69) is 0 Å². The lowest BCUT2D eigenvalue weighted by molar-refractivity contribution is -0.145. The minimum Gasteiger partial charge on any atom is -0.508 e. The predicted molar refractivity (Wildman–Crippen MR) is 78.1 cm³/mol. The number of carboxylic acid groups (broad SMARTS) is 1. The number of fused-ring (bicyclic) bond motifs is 1. The third kappa shape index (κ3) is 3.57. The van der Waals surface area contributed by atoms with Gasteiger partial charge in [-0.05, 0) is 18.1 Å². The van der Waals surface area contributed by atoms with Gasteiger partial charge < -0.3 is 20.1 Å². The molecule has 1 unspecified atom stereocenters. The summed E-state index contributed by atoms with van der Waals surface area (Å²) in [5.74, 6) is -3.21. The van der Waals surface area contributed by atoms with Gasteiger partial charge in [-0.1, -0.05) is 19.8 Å². The summed E-state index contributed by atoms with van der Waals surface area (Å²) in [5, 5.41) is 29.0. The smallest absolute Gasteiger partial charge is 0.307 e. The fourth-order valence-corrected chi connectivity index (χ4v) is 2.73. The first-order valence-electron chi connectivity index (χ1n) is 7.37. The molecule has 0 fully saturated rings. The molecule has 1 aliphatic rings. The van der Waals surface area contributed by atoms with Gasteiger partial charge >= 0.3 is 5.97 Å². The Morgan fingerprint density at radius 2 is 2.09 bits per heavy atom. The molecular formula is C16H20O6. The van der Waals surface area contributed by atoms with E-state index in [1.165, 1.54) is 12.1 Å². The van der Waals surface area contributed by atoms with E-state index in [4.69, 9.17) is 9.84 Å². The monoisotopic (exact) mass is 308 g/mol. The number of ketones is 1. The number of rotatable bonds is 6. The van der Waals surface area contributed by atoms with Gasteiger partial charge in [-0.15, -0.1) is 0 Å². The number of phenols is 1. The van der Waals surface area contributed by atoms with Crippen molar-refractivity contribution in [1.82, 2.24) is 0 Å². The summed E-state index contributed by atoms with van der Waals surface area (Å²) in [4.78, 5) is 23.2. The molecule has 0 saturated heterocycles. The molecule has 0 amide bonds. The molecule has 1 heterocycles. The van der Waals surface area contributed by atoms with Crippen molar-refractivity contribution >= 4 is 11.8 Å². The summed E-state index contributed by atoms with van der Waals surface area (Å²) in [5.41, 5.74) is 0.337. The molecule has 1 aromatic rings. The van der Waals surface area contributed by atoms with Gasteiger partial charge in [0.1, 0.15) is 11.5 Å². The number of carbonyl (C=O) groups is 2. The molecule has 6 nitrogen and oxygen atoms in total. The van der Waals surface area contributed by atoms with Crippen LogP contribution in [0.4, 0.5) is 0 Å². The lowest BCUT2D eigenvalue weighted by Gasteiger charge is -2.34. The van der Waals surface area contributed by atoms with Gasteiger partial charge in [0.2, 0.25) is 5.79 Å². The number of Topliss-reactive ketones (excluding diaryl/α,β-unsaturated/α-hetero) is 1. The first kappa shape index (κ1) is 16.3. The number of aromatic hydroxyl groups is 1. The second-order valence-corrected chi connectivity index (χ2v) is 5.65. The third-order valence-electron chi connectivity index (χ3n) is 3.70. The van der Waals surface area contributed by atoms with Crippen LogP contribution in [0.15, 0.2) is 12.1 Å². The van der Waals surface area contributed by atoms with Crippen molar-refractivity contribution in [3.8, 4) is 11.5 Å². The van der Waals surface area contributed by atoms with Crippen molar-refractivity contribution in [1.29, 1.82) is 0 Å². The first-order chi connectivity index (χ1) is 10.3. The van der Waals surface area contributed by atoms with Crippen LogP contribution in [0.3, 0.4) is 0 Å². The van der Waals surface area contributed by atoms with Crippen LogP contribution in [0.25, 0.3) is 0 Å². The number of phenolic OH excluding ortho intramolecular Hbond substituents is 1. The molecule has 120 valence electrons. The molecule has 0 bridgehead atoms. The highest BCUT2D eigenvalue weighted by Crippen LogP contribution is 2.39. The SMILES string of the molecule is CCCCCC1(O)CC(=O)c2c(CC(=O)O)cc(O)cc2O1. The third-order valence-corrected chi connectivity index (χ3v) is 3.70. The largest absolute Gasteiger partial charge is 0.508 e. The maximum absolute atomic E-state index is 12.3. The van der Waals surface area contributed by atoms with Gasteiger partial charge in [0.05, 0.1) is 18.4 Å². The van der Waals surface area contributed by atoms with Gasteiger partial charge in [-0.2, -0.15) is 0 Å². The van der Waals surface area contributed by atoms with E-state index in [9.17, 15) is 19.8 Å². The molecule has 1 aliphatic heterocycles. The zero-order chi connectivity index (χ0) is 16.3. The average molecular weight is 308 g/mol. The Labute approximate surface area is 128 Å². The quantitative estimate of drug-likeness (QED) is 0.696. The molecule has 3 N–H and O–H groups in total. The van der Waals surface area contributed by atoms with Crippen molar-refractivity contribution in [2.45, 2.75) is 51.2 Å². The van der Waals surface area contributed by atoms with Crippen LogP contribution < -0.4 is 4.74 Å². The minimum absolute atomic E-state index is 0.0477. The van der Waals surface area contributed by atoms with Gasteiger partial charge in [0, 0.05) is 12.5 Å². The number of hydrogen-bond acceptors (Lipinski definition) is 5. The summed E-state index contributed by atoms with van der Waals surface area (Å²) >= 11 is 0. The summed E-state index contributed by atoms with van der Waals surface area (Å²) < 4.78 is 5.52. The van der Waals surface area contributed by atoms with Crippen LogP contribution in [-0.2, 0) is 11.2 Å². The van der Waals surface area contributed by atoms with Gasteiger partial charge in [-0.3, -0.25) is 9.59 Å². The fraction of sp³-hybridized carbons (Fsp3) is 0.500. The zero-order valence-corrected chi connectivity index (χ0v) is 12.5. The van der Waals surface area contributed by atoms with E-state index in [1.807, 2.05) is 6.92 Å². The average Bonchev–Trinajstić information content (AvgIpc) is 2.36. The van der Waals surface area contributed by atoms with Gasteiger partial charge in [-0.25, -0.2) is 0 Å². The summed E-state index contributed by atoms with van der Waals surface area (Å²) in [7, 11) is 0. The molecule has 22 heavy (non-hydrogen) atoms. The lowest BCUT2D eigenvalue weighted by Crippen LogP contribution is -2.42. The van der Waals surface area contributed by atoms with Crippen molar-refractivity contribution in [3.05, 3.63) is 23.3 Å². The van der Waals surface area contributed by atoms with E-state index < -0.39 is 11.8 Å². The highest BCUT2D eigenvalue weighted by atomic mass is 16.6. The van der Waals surface area contributed by atoms with Crippen molar-refractivity contribution in [3.63, 3.8) is 0 Å². The highest BCUT2D eigenvalue weighted by molar-refractivity contribution is 6.02. The molecule has 2 rings (SSSR count). The molecule has 0 aliphatic carbocycles. The van der Waals surface area contributed by atoms with E-state index >= 15 is 0 Å². The molecule has 6 heteroatoms. The molecule has 0 saturated carbocycles. The van der Waals surface area contributed by atoms with E-state index in [-0.39, 0.29) is 41.3 Å². The molecule has 0 spiro atoms. The number of carboxylic acids is 1. The minimum atomic E-state index is -1.59. The van der Waals surface area contributed by atoms with E-state index in [1.54, 1.807) is 0 Å². The molecule has 1 aromatic carbocycles. The Balaban J connectivity index is 2.32. The van der Waals surface area contributed by atoms with Gasteiger partial charge in [0.25, 0.3) is 0 Å². The van der Waals surface area contributed by atoms with Crippen molar-refractivity contribution in [2.24, 2.45) is 0 Å². The molecule has 0 radical (unpaired) electrons. The van der Waals surface area contributed by atoms with Crippen molar-refractivity contribution < 1.29 is 29.6 Å². The molecular weight excluding hydrogens is 288 g/mol. The number of benzene rings is 1. The van der Waals surface area contributed by atoms with E-state index in [0.717, 1.165) is 19.3 Å². The Morgan fingerprint density at radius 3 is 2.73 bits per heavy atom. The number of ether oxygens (including phenoxy) is 1. The highest BCUT2D eigenvalue weighted by Gasteiger charge is 2.39. The van der Waals surface area contributed by atoms with Crippen LogP contribution in [0.1, 0.15) is 54.9 Å². The predicted octanol–water partition coefficient (Wildman–Crippen LogP) is 2.25. The first-order valence-corrected chi connectivity index (χ1v) is 7.37. The summed E-state index contributed by atoms with van der Waals surface area (Å²) in [6, 6.07) is 2.48. The van der Waals surface area contributed by atoms with E-state index in [0.29, 0.717) is 6.42 Å². The standard InChI is InChI=1S/C16H20O6/c1-2-3-4-5-16(21)9-12(18)15-10(7-14(19)20)6-11(17)8-13(15)22-16/h6,8,17,21H,2-5,7,9H2,1H3,(H,19,20). The topological polar surface area (TPSA) is 104 Å². The number of unbranched alkanes of at least 4 members (excludes halogenated alkanes) is 2. The number of hydrogen-bond donors (Lipinski definition) is 3. The summed E-state index contributed by atoms with van der Waals surface area (Å²) in [6.07, 6.45) is 2.33. The number of carbonyl (C=O) groups excluding carboxylic acids is 1. The fourth-order valence-electron chi connectivity index (χ4n) is 2.73. The Kier molecular flexibility index (Phi) is 4.71. The van der Waals surface area contributed by atoms with Crippen molar-refractivity contribution in [2.75, 3.05) is 0 Å². The molecule has 0 aromatic heterocycles. The zero-order valence-electron chi connectivity index (χ0n) is 12.5. The van der Waals surface area contributed by atoms with Crippen LogP contribution in [-0.4, -0.2) is 32.9 Å². The summed E-state index contributed by atoms with van der Waals surface area (Å²) in [6.45, 7) is 2.03. The Hall–Kier alpha value is -2.08. The van der Waals surface area contributed by atoms with Gasteiger partial charge in [0.15, 0.2) is 5.78 Å². The van der Waals surface area contributed by atoms with Crippen LogP contribution in [0, 0.1) is 0 Å². The second kappa shape index (κ2) is 6.36. The number of aliphatic carboxylic acids is 1. The Morgan fingerprint density at radius 1 is 1.36 bits per heavy atom. The normalized spacial score (nSPS) is 20.4. The second-order valence-electron chi connectivity index (χ2n) is 5.65. The number of aliphatic hydroxyl groups is 1. The lowest BCUT2D eigenvalue weighted by atomic mass is 9.90. The van der Waals surface area contributed by atoms with Crippen LogP contribution in [0.2, 0.25) is 0 Å². The maximum atomic E-state index is 12.3.